The fraction of sp³-hybridized carbons (Fsp3) is 0.625. The summed E-state index contributed by atoms with van der Waals surface area (Å²) in [6, 6.07) is 6.45. The summed E-state index contributed by atoms with van der Waals surface area (Å²) >= 11 is 12.7. The zero-order valence-corrected chi connectivity index (χ0v) is 13.3. The van der Waals surface area contributed by atoms with Gasteiger partial charge in [0.05, 0.1) is 6.10 Å². The molecule has 2 atom stereocenters. The van der Waals surface area contributed by atoms with Crippen LogP contribution in [0.1, 0.15) is 31.7 Å². The number of rotatable bonds is 5. The fourth-order valence-corrected chi connectivity index (χ4v) is 3.57. The van der Waals surface area contributed by atoms with E-state index in [1.165, 1.54) is 12.8 Å². The maximum atomic E-state index is 6.35. The van der Waals surface area contributed by atoms with E-state index in [2.05, 4.69) is 12.2 Å². The van der Waals surface area contributed by atoms with Gasteiger partial charge >= 0.3 is 0 Å². The molecule has 2 unspecified atom stereocenters. The molecule has 4 heteroatoms. The van der Waals surface area contributed by atoms with E-state index >= 15 is 0 Å². The third kappa shape index (κ3) is 2.99. The Morgan fingerprint density at radius 2 is 2.00 bits per heavy atom. The molecule has 1 aliphatic heterocycles. The highest BCUT2D eigenvalue weighted by molar-refractivity contribution is 6.36. The van der Waals surface area contributed by atoms with Crippen LogP contribution in [0.25, 0.3) is 0 Å². The van der Waals surface area contributed by atoms with Gasteiger partial charge in [-0.1, -0.05) is 29.3 Å². The molecule has 1 N–H and O–H groups in total. The van der Waals surface area contributed by atoms with Crippen molar-refractivity contribution in [1.29, 1.82) is 0 Å². The molecule has 1 saturated heterocycles. The SMILES string of the molecule is CC1OCCC1(CNC1CC1)Cc1c(Cl)cccc1Cl. The lowest BCUT2D eigenvalue weighted by atomic mass is 9.76. The molecule has 2 nitrogen and oxygen atoms in total. The molecular weight excluding hydrogens is 293 g/mol. The van der Waals surface area contributed by atoms with Gasteiger partial charge in [0.15, 0.2) is 0 Å². The van der Waals surface area contributed by atoms with Crippen LogP contribution in [0.3, 0.4) is 0 Å². The molecule has 110 valence electrons. The molecule has 2 aliphatic rings. The van der Waals surface area contributed by atoms with Gasteiger partial charge in [-0.3, -0.25) is 0 Å². The summed E-state index contributed by atoms with van der Waals surface area (Å²) in [5.41, 5.74) is 1.17. The molecule has 3 rings (SSSR count). The Hall–Kier alpha value is -0.280. The van der Waals surface area contributed by atoms with E-state index in [1.54, 1.807) is 0 Å². The van der Waals surface area contributed by atoms with Crippen LogP contribution in [-0.2, 0) is 11.2 Å². The summed E-state index contributed by atoms with van der Waals surface area (Å²) in [6.45, 7) is 3.99. The second-order valence-electron chi connectivity index (χ2n) is 6.16. The van der Waals surface area contributed by atoms with Crippen LogP contribution in [0.5, 0.6) is 0 Å². The lowest BCUT2D eigenvalue weighted by molar-refractivity contribution is 0.0628. The Kier molecular flexibility index (Phi) is 4.28. The van der Waals surface area contributed by atoms with Crippen LogP contribution in [0.4, 0.5) is 0 Å². The Labute approximate surface area is 130 Å². The van der Waals surface area contributed by atoms with E-state index in [4.69, 9.17) is 27.9 Å². The zero-order valence-electron chi connectivity index (χ0n) is 11.8. The predicted octanol–water partition coefficient (Wildman–Crippen LogP) is 4.08. The van der Waals surface area contributed by atoms with Crippen molar-refractivity contribution in [2.24, 2.45) is 5.41 Å². The van der Waals surface area contributed by atoms with Crippen molar-refractivity contribution in [3.8, 4) is 0 Å². The van der Waals surface area contributed by atoms with E-state index in [1.807, 2.05) is 18.2 Å². The number of benzene rings is 1. The number of hydrogen-bond donors (Lipinski definition) is 1. The molecule has 0 bridgehead atoms. The molecule has 0 radical (unpaired) electrons. The van der Waals surface area contributed by atoms with Gasteiger partial charge in [0.1, 0.15) is 0 Å². The van der Waals surface area contributed by atoms with E-state index < -0.39 is 0 Å². The Morgan fingerprint density at radius 1 is 1.30 bits per heavy atom. The molecule has 1 aliphatic carbocycles. The summed E-state index contributed by atoms with van der Waals surface area (Å²) in [7, 11) is 0. The molecule has 0 amide bonds. The number of nitrogens with one attached hydrogen (secondary N) is 1. The minimum atomic E-state index is 0.108. The summed E-state index contributed by atoms with van der Waals surface area (Å²) in [5.74, 6) is 0. The number of halogens is 2. The minimum Gasteiger partial charge on any atom is -0.378 e. The first-order chi connectivity index (χ1) is 9.61. The van der Waals surface area contributed by atoms with E-state index in [0.29, 0.717) is 6.04 Å². The molecule has 1 aromatic carbocycles. The Morgan fingerprint density at radius 3 is 2.55 bits per heavy atom. The average molecular weight is 314 g/mol. The highest BCUT2D eigenvalue weighted by atomic mass is 35.5. The van der Waals surface area contributed by atoms with E-state index in [-0.39, 0.29) is 11.5 Å². The standard InChI is InChI=1S/C16H21Cl2NO/c1-11-16(7-8-20-11,10-19-12-5-6-12)9-13-14(17)3-2-4-15(13)18/h2-4,11-12,19H,5-10H2,1H3. The van der Waals surface area contributed by atoms with E-state index in [0.717, 1.165) is 41.6 Å². The van der Waals surface area contributed by atoms with Crippen LogP contribution < -0.4 is 5.32 Å². The molecular formula is C16H21Cl2NO. The molecule has 1 saturated carbocycles. The van der Waals surface area contributed by atoms with Gasteiger partial charge < -0.3 is 10.1 Å². The normalized spacial score (nSPS) is 29.9. The predicted molar refractivity (Wildman–Crippen MR) is 83.7 cm³/mol. The second-order valence-corrected chi connectivity index (χ2v) is 6.97. The van der Waals surface area contributed by atoms with Crippen molar-refractivity contribution >= 4 is 23.2 Å². The van der Waals surface area contributed by atoms with Gasteiger partial charge in [-0.05, 0) is 50.3 Å². The van der Waals surface area contributed by atoms with Gasteiger partial charge in [-0.25, -0.2) is 0 Å². The number of hydrogen-bond acceptors (Lipinski definition) is 2. The average Bonchev–Trinajstić information content (AvgIpc) is 3.18. The van der Waals surface area contributed by atoms with Crippen molar-refractivity contribution in [1.82, 2.24) is 5.32 Å². The van der Waals surface area contributed by atoms with Crippen LogP contribution in [-0.4, -0.2) is 25.3 Å². The molecule has 1 aromatic rings. The first-order valence-corrected chi connectivity index (χ1v) is 8.14. The largest absolute Gasteiger partial charge is 0.378 e. The lowest BCUT2D eigenvalue weighted by Crippen LogP contribution is -2.42. The van der Waals surface area contributed by atoms with Crippen LogP contribution in [0.15, 0.2) is 18.2 Å². The first-order valence-electron chi connectivity index (χ1n) is 7.39. The van der Waals surface area contributed by atoms with Crippen LogP contribution in [0, 0.1) is 5.41 Å². The summed E-state index contributed by atoms with van der Waals surface area (Å²) in [5, 5.41) is 5.20. The second kappa shape index (κ2) is 5.84. The quantitative estimate of drug-likeness (QED) is 0.884. The van der Waals surface area contributed by atoms with Gasteiger partial charge in [-0.15, -0.1) is 0 Å². The van der Waals surface area contributed by atoms with Gasteiger partial charge in [0.25, 0.3) is 0 Å². The molecule has 1 heterocycles. The Balaban J connectivity index is 1.82. The Bertz CT molecular complexity index is 469. The van der Waals surface area contributed by atoms with Crippen molar-refractivity contribution in [3.05, 3.63) is 33.8 Å². The molecule has 0 spiro atoms. The van der Waals surface area contributed by atoms with Gasteiger partial charge in [-0.2, -0.15) is 0 Å². The fourth-order valence-electron chi connectivity index (χ4n) is 3.03. The zero-order chi connectivity index (χ0) is 14.2. The minimum absolute atomic E-state index is 0.108. The highest BCUT2D eigenvalue weighted by Crippen LogP contribution is 2.41. The third-order valence-electron chi connectivity index (χ3n) is 4.74. The monoisotopic (exact) mass is 313 g/mol. The molecule has 2 fully saturated rings. The highest BCUT2D eigenvalue weighted by Gasteiger charge is 2.43. The van der Waals surface area contributed by atoms with Crippen molar-refractivity contribution in [2.75, 3.05) is 13.2 Å². The lowest BCUT2D eigenvalue weighted by Gasteiger charge is -2.33. The van der Waals surface area contributed by atoms with Crippen LogP contribution in [0.2, 0.25) is 10.0 Å². The first kappa shape index (κ1) is 14.6. The summed E-state index contributed by atoms with van der Waals surface area (Å²) in [6.07, 6.45) is 4.79. The maximum Gasteiger partial charge on any atom is 0.0619 e. The van der Waals surface area contributed by atoms with Crippen molar-refractivity contribution in [2.45, 2.75) is 44.8 Å². The number of ether oxygens (including phenoxy) is 1. The maximum absolute atomic E-state index is 6.35. The smallest absolute Gasteiger partial charge is 0.0619 e. The molecule has 0 aromatic heterocycles. The third-order valence-corrected chi connectivity index (χ3v) is 5.45. The van der Waals surface area contributed by atoms with Gasteiger partial charge in [0.2, 0.25) is 0 Å². The van der Waals surface area contributed by atoms with Crippen molar-refractivity contribution < 1.29 is 4.74 Å². The van der Waals surface area contributed by atoms with Crippen molar-refractivity contribution in [3.63, 3.8) is 0 Å². The molecule has 20 heavy (non-hydrogen) atoms. The van der Waals surface area contributed by atoms with E-state index in [9.17, 15) is 0 Å². The summed E-state index contributed by atoms with van der Waals surface area (Å²) < 4.78 is 5.85. The van der Waals surface area contributed by atoms with Gasteiger partial charge in [0, 0.05) is 34.7 Å². The van der Waals surface area contributed by atoms with Crippen LogP contribution >= 0.6 is 23.2 Å². The summed E-state index contributed by atoms with van der Waals surface area (Å²) in [4.78, 5) is 0. The topological polar surface area (TPSA) is 21.3 Å².